The Morgan fingerprint density at radius 1 is 1.36 bits per heavy atom. The van der Waals surface area contributed by atoms with E-state index in [-0.39, 0.29) is 12.1 Å². The number of aliphatic hydroxyl groups excluding tert-OH is 1. The molecule has 86 valence electrons. The summed E-state index contributed by atoms with van der Waals surface area (Å²) in [5.41, 5.74) is -0.152. The van der Waals surface area contributed by atoms with E-state index in [1.165, 1.54) is 0 Å². The maximum absolute atomic E-state index is 9.13. The molecular formula is C11H25NO2. The van der Waals surface area contributed by atoms with Gasteiger partial charge in [0.25, 0.3) is 0 Å². The number of aliphatic hydroxyl groups is 1. The van der Waals surface area contributed by atoms with E-state index in [2.05, 4.69) is 18.7 Å². The molecule has 0 heterocycles. The van der Waals surface area contributed by atoms with Crippen molar-refractivity contribution in [2.45, 2.75) is 33.2 Å². The van der Waals surface area contributed by atoms with Gasteiger partial charge < -0.3 is 9.84 Å². The quantitative estimate of drug-likeness (QED) is 0.634. The number of likely N-dealkylation sites (N-methyl/N-ethyl adjacent to an activating group) is 1. The van der Waals surface area contributed by atoms with Crippen molar-refractivity contribution in [2.75, 3.05) is 33.4 Å². The highest BCUT2D eigenvalue weighted by Crippen LogP contribution is 2.09. The van der Waals surface area contributed by atoms with Gasteiger partial charge in [-0.1, -0.05) is 13.8 Å². The van der Waals surface area contributed by atoms with Crippen LogP contribution < -0.4 is 0 Å². The summed E-state index contributed by atoms with van der Waals surface area (Å²) in [6, 6.07) is 0. The molecule has 0 radical (unpaired) electrons. The lowest BCUT2D eigenvalue weighted by Gasteiger charge is -2.33. The third kappa shape index (κ3) is 5.58. The molecule has 0 bridgehead atoms. The van der Waals surface area contributed by atoms with Crippen molar-refractivity contribution in [3.8, 4) is 0 Å². The summed E-state index contributed by atoms with van der Waals surface area (Å²) < 4.78 is 5.48. The van der Waals surface area contributed by atoms with Crippen LogP contribution in [0.3, 0.4) is 0 Å². The minimum absolute atomic E-state index is 0.152. The highest BCUT2D eigenvalue weighted by molar-refractivity contribution is 4.77. The third-order valence-corrected chi connectivity index (χ3v) is 2.44. The van der Waals surface area contributed by atoms with Gasteiger partial charge >= 0.3 is 0 Å². The molecule has 0 saturated heterocycles. The van der Waals surface area contributed by atoms with Crippen LogP contribution in [0.25, 0.3) is 0 Å². The average Bonchev–Trinajstić information content (AvgIpc) is 2.11. The normalized spacial score (nSPS) is 12.9. The van der Waals surface area contributed by atoms with E-state index in [1.807, 2.05) is 20.9 Å². The second-order valence-electron chi connectivity index (χ2n) is 4.86. The predicted octanol–water partition coefficient (Wildman–Crippen LogP) is 1.36. The van der Waals surface area contributed by atoms with E-state index in [0.29, 0.717) is 5.92 Å². The van der Waals surface area contributed by atoms with Gasteiger partial charge in [-0.3, -0.25) is 4.90 Å². The summed E-state index contributed by atoms with van der Waals surface area (Å²) in [6.45, 7) is 10.9. The van der Waals surface area contributed by atoms with Crippen LogP contribution in [-0.4, -0.2) is 49.0 Å². The molecule has 0 atom stereocenters. The van der Waals surface area contributed by atoms with Crippen molar-refractivity contribution >= 4 is 0 Å². The summed E-state index contributed by atoms with van der Waals surface area (Å²) >= 11 is 0. The minimum Gasteiger partial charge on any atom is -0.394 e. The van der Waals surface area contributed by atoms with Crippen molar-refractivity contribution in [3.05, 3.63) is 0 Å². The van der Waals surface area contributed by atoms with Gasteiger partial charge in [-0.05, 0) is 26.8 Å². The van der Waals surface area contributed by atoms with E-state index >= 15 is 0 Å². The molecule has 0 rings (SSSR count). The summed E-state index contributed by atoms with van der Waals surface area (Å²) in [4.78, 5) is 2.12. The van der Waals surface area contributed by atoms with Crippen LogP contribution >= 0.6 is 0 Å². The number of hydrogen-bond donors (Lipinski definition) is 1. The molecule has 3 nitrogen and oxygen atoms in total. The Bertz CT molecular complexity index is 146. The molecule has 0 aromatic heterocycles. The average molecular weight is 203 g/mol. The Hall–Kier alpha value is -0.120. The first-order chi connectivity index (χ1) is 6.40. The lowest BCUT2D eigenvalue weighted by atomic mass is 10.1. The maximum atomic E-state index is 9.13. The van der Waals surface area contributed by atoms with Crippen molar-refractivity contribution in [1.82, 2.24) is 4.90 Å². The standard InChI is InChI=1S/C11H25NO2/c1-10(2)8-14-7-6-12(5)11(3,4)9-13/h10,13H,6-9H2,1-5H3. The lowest BCUT2D eigenvalue weighted by molar-refractivity contribution is 0.0371. The topological polar surface area (TPSA) is 32.7 Å². The van der Waals surface area contributed by atoms with Crippen molar-refractivity contribution in [3.63, 3.8) is 0 Å². The van der Waals surface area contributed by atoms with E-state index in [0.717, 1.165) is 19.8 Å². The Labute approximate surface area is 88.1 Å². The van der Waals surface area contributed by atoms with Crippen LogP contribution in [-0.2, 0) is 4.74 Å². The Morgan fingerprint density at radius 3 is 2.36 bits per heavy atom. The number of rotatable bonds is 7. The number of hydrogen-bond acceptors (Lipinski definition) is 3. The Balaban J connectivity index is 3.59. The van der Waals surface area contributed by atoms with Gasteiger partial charge in [0, 0.05) is 18.7 Å². The Morgan fingerprint density at radius 2 is 1.93 bits per heavy atom. The fraction of sp³-hybridized carbons (Fsp3) is 1.00. The Kier molecular flexibility index (Phi) is 6.33. The monoisotopic (exact) mass is 203 g/mol. The van der Waals surface area contributed by atoms with E-state index in [4.69, 9.17) is 9.84 Å². The molecule has 0 aromatic carbocycles. The van der Waals surface area contributed by atoms with Crippen LogP contribution in [0.1, 0.15) is 27.7 Å². The summed E-state index contributed by atoms with van der Waals surface area (Å²) in [5, 5.41) is 9.13. The molecule has 3 heteroatoms. The van der Waals surface area contributed by atoms with Crippen molar-refractivity contribution < 1.29 is 9.84 Å². The van der Waals surface area contributed by atoms with Gasteiger partial charge in [-0.25, -0.2) is 0 Å². The summed E-state index contributed by atoms with van der Waals surface area (Å²) in [7, 11) is 2.01. The van der Waals surface area contributed by atoms with Crippen LogP contribution in [0, 0.1) is 5.92 Å². The molecule has 0 aromatic rings. The van der Waals surface area contributed by atoms with Gasteiger partial charge in [-0.2, -0.15) is 0 Å². The fourth-order valence-electron chi connectivity index (χ4n) is 0.944. The second-order valence-corrected chi connectivity index (χ2v) is 4.86. The minimum atomic E-state index is -0.152. The second kappa shape index (κ2) is 6.38. The molecule has 0 fully saturated rings. The first kappa shape index (κ1) is 13.9. The fourth-order valence-corrected chi connectivity index (χ4v) is 0.944. The van der Waals surface area contributed by atoms with Crippen LogP contribution in [0.15, 0.2) is 0 Å². The molecule has 0 aliphatic rings. The lowest BCUT2D eigenvalue weighted by Crippen LogP contribution is -2.45. The molecule has 0 aliphatic carbocycles. The molecule has 0 amide bonds. The zero-order valence-corrected chi connectivity index (χ0v) is 10.2. The molecule has 1 N–H and O–H groups in total. The maximum Gasteiger partial charge on any atom is 0.0609 e. The van der Waals surface area contributed by atoms with Gasteiger partial charge in [-0.15, -0.1) is 0 Å². The summed E-state index contributed by atoms with van der Waals surface area (Å²) in [5.74, 6) is 0.589. The highest BCUT2D eigenvalue weighted by atomic mass is 16.5. The first-order valence-corrected chi connectivity index (χ1v) is 5.30. The zero-order chi connectivity index (χ0) is 11.2. The van der Waals surface area contributed by atoms with Gasteiger partial charge in [0.1, 0.15) is 0 Å². The number of ether oxygens (including phenoxy) is 1. The van der Waals surface area contributed by atoms with E-state index < -0.39 is 0 Å². The van der Waals surface area contributed by atoms with Crippen LogP contribution in [0.2, 0.25) is 0 Å². The molecule has 0 saturated carbocycles. The smallest absolute Gasteiger partial charge is 0.0609 e. The molecule has 14 heavy (non-hydrogen) atoms. The van der Waals surface area contributed by atoms with Gasteiger partial charge in [0.2, 0.25) is 0 Å². The van der Waals surface area contributed by atoms with Gasteiger partial charge in [0.15, 0.2) is 0 Å². The van der Waals surface area contributed by atoms with Crippen LogP contribution in [0.5, 0.6) is 0 Å². The third-order valence-electron chi connectivity index (χ3n) is 2.44. The van der Waals surface area contributed by atoms with E-state index in [9.17, 15) is 0 Å². The molecule has 0 unspecified atom stereocenters. The number of nitrogens with zero attached hydrogens (tertiary/aromatic N) is 1. The predicted molar refractivity (Wildman–Crippen MR) is 59.5 cm³/mol. The molecule has 0 aliphatic heterocycles. The first-order valence-electron chi connectivity index (χ1n) is 5.30. The van der Waals surface area contributed by atoms with Crippen LogP contribution in [0.4, 0.5) is 0 Å². The van der Waals surface area contributed by atoms with Crippen molar-refractivity contribution in [1.29, 1.82) is 0 Å². The largest absolute Gasteiger partial charge is 0.394 e. The van der Waals surface area contributed by atoms with Gasteiger partial charge in [0.05, 0.1) is 13.2 Å². The summed E-state index contributed by atoms with van der Waals surface area (Å²) in [6.07, 6.45) is 0. The SMILES string of the molecule is CC(C)COCCN(C)C(C)(C)CO. The zero-order valence-electron chi connectivity index (χ0n) is 10.2. The molecular weight excluding hydrogens is 178 g/mol. The highest BCUT2D eigenvalue weighted by Gasteiger charge is 2.21. The van der Waals surface area contributed by atoms with E-state index in [1.54, 1.807) is 0 Å². The molecule has 0 spiro atoms. The van der Waals surface area contributed by atoms with Crippen molar-refractivity contribution in [2.24, 2.45) is 5.92 Å².